The molecule has 0 atom stereocenters. The topological polar surface area (TPSA) is 63.1 Å². The van der Waals surface area contributed by atoms with Crippen molar-refractivity contribution in [3.8, 4) is 0 Å². The molecule has 27 heavy (non-hydrogen) atoms. The van der Waals surface area contributed by atoms with Gasteiger partial charge in [0.1, 0.15) is 0 Å². The van der Waals surface area contributed by atoms with E-state index in [1.54, 1.807) is 0 Å². The van der Waals surface area contributed by atoms with Crippen LogP contribution in [0.2, 0.25) is 0 Å². The molecule has 0 fully saturated rings. The molecule has 0 aliphatic rings. The van der Waals surface area contributed by atoms with Crippen molar-refractivity contribution >= 4 is 31.6 Å². The molecule has 2 aromatic heterocycles. The van der Waals surface area contributed by atoms with E-state index < -0.39 is 31.6 Å². The summed E-state index contributed by atoms with van der Waals surface area (Å²) in [5.41, 5.74) is -1.05. The Bertz CT molecular complexity index is 797. The summed E-state index contributed by atoms with van der Waals surface area (Å²) in [5.74, 6) is 0. The predicted octanol–water partition coefficient (Wildman–Crippen LogP) is 7.26. The highest BCUT2D eigenvalue weighted by Crippen LogP contribution is 2.58. The summed E-state index contributed by atoms with van der Waals surface area (Å²) in [6.07, 6.45) is 0. The number of hydrogen-bond acceptors (Lipinski definition) is 3. The highest BCUT2D eigenvalue weighted by atomic mass is 31.2. The summed E-state index contributed by atoms with van der Waals surface area (Å²) in [4.78, 5) is 0. The molecule has 11 heteroatoms. The molecular weight excluding hydrogens is 420 g/mol. The van der Waals surface area contributed by atoms with Crippen LogP contribution in [0.5, 0.6) is 0 Å². The molecule has 0 N–H and O–H groups in total. The van der Waals surface area contributed by atoms with Crippen LogP contribution in [0.1, 0.15) is 83.1 Å². The first kappa shape index (κ1) is 23.2. The summed E-state index contributed by atoms with van der Waals surface area (Å²) < 4.78 is 40.7. The molecule has 0 bridgehead atoms. The molecular formula is C16H36N4O3P4+2. The van der Waals surface area contributed by atoms with E-state index in [-0.39, 0.29) is 22.2 Å². The van der Waals surface area contributed by atoms with Crippen molar-refractivity contribution in [2.75, 3.05) is 0 Å². The van der Waals surface area contributed by atoms with Crippen LogP contribution < -0.4 is 4.31 Å². The van der Waals surface area contributed by atoms with Crippen LogP contribution in [0.4, 0.5) is 0 Å². The van der Waals surface area contributed by atoms with Crippen molar-refractivity contribution in [1.29, 1.82) is 0 Å². The van der Waals surface area contributed by atoms with Crippen LogP contribution in [0.3, 0.4) is 0 Å². The fourth-order valence-electron chi connectivity index (χ4n) is 2.78. The third kappa shape index (κ3) is 4.15. The van der Waals surface area contributed by atoms with Crippen LogP contribution in [0.25, 0.3) is 0 Å². The van der Waals surface area contributed by atoms with Crippen LogP contribution in [-0.2, 0) is 31.3 Å². The van der Waals surface area contributed by atoms with Crippen molar-refractivity contribution < 1.29 is 13.4 Å². The molecule has 156 valence electrons. The normalized spacial score (nSPS) is 17.0. The van der Waals surface area contributed by atoms with Crippen LogP contribution in [0, 0.1) is 0 Å². The quantitative estimate of drug-likeness (QED) is 0.478. The Morgan fingerprint density at radius 1 is 0.519 bits per heavy atom. The van der Waals surface area contributed by atoms with E-state index in [9.17, 15) is 9.13 Å². The van der Waals surface area contributed by atoms with E-state index in [2.05, 4.69) is 83.1 Å². The highest BCUT2D eigenvalue weighted by molar-refractivity contribution is 7.65. The Kier molecular flexibility index (Phi) is 5.81. The Morgan fingerprint density at radius 2 is 0.704 bits per heavy atom. The van der Waals surface area contributed by atoms with Gasteiger partial charge in [0.25, 0.3) is 0 Å². The van der Waals surface area contributed by atoms with Gasteiger partial charge in [-0.3, -0.25) is 0 Å². The molecule has 0 aliphatic heterocycles. The van der Waals surface area contributed by atoms with Crippen molar-refractivity contribution in [2.24, 2.45) is 0 Å². The highest BCUT2D eigenvalue weighted by Gasteiger charge is 2.47. The molecule has 0 aliphatic carbocycles. The van der Waals surface area contributed by atoms with Crippen LogP contribution in [-0.4, -0.2) is 16.4 Å². The average Bonchev–Trinajstić information content (AvgIpc) is 2.28. The lowest BCUT2D eigenvalue weighted by molar-refractivity contribution is 0.371. The molecule has 0 saturated carbocycles. The van der Waals surface area contributed by atoms with Gasteiger partial charge in [-0.25, -0.2) is 0 Å². The van der Waals surface area contributed by atoms with E-state index in [0.29, 0.717) is 0 Å². The number of rotatable bonds is 2. The lowest BCUT2D eigenvalue weighted by Gasteiger charge is -2.33. The molecule has 2 rings (SSSR count). The van der Waals surface area contributed by atoms with Crippen molar-refractivity contribution in [1.82, 2.24) is 16.4 Å². The standard InChI is InChI=1S/C16H36N4O3P4/c1-13(2,3)17-24(21)18(14(4,5)6)26(17)23-27-19(15(7,8)9)25(22)20(27)16(10,11)12/h1-12H3/q+2. The lowest BCUT2D eigenvalue weighted by Crippen LogP contribution is -2.34. The molecule has 7 nitrogen and oxygen atoms in total. The second-order valence-electron chi connectivity index (χ2n) is 10.9. The van der Waals surface area contributed by atoms with E-state index in [0.717, 1.165) is 0 Å². The Balaban J connectivity index is 2.73. The first-order chi connectivity index (χ1) is 11.8. The zero-order chi connectivity index (χ0) is 21.3. The summed E-state index contributed by atoms with van der Waals surface area (Å²) in [7, 11) is -5.69. The maximum Gasteiger partial charge on any atom is 0.418 e. The summed E-state index contributed by atoms with van der Waals surface area (Å²) in [6.45, 7) is 24.8. The van der Waals surface area contributed by atoms with Gasteiger partial charge in [-0.05, 0) is 83.1 Å². The van der Waals surface area contributed by atoms with Gasteiger partial charge < -0.3 is 0 Å². The van der Waals surface area contributed by atoms with Gasteiger partial charge in [-0.15, -0.1) is 16.4 Å². The van der Waals surface area contributed by atoms with E-state index in [1.165, 1.54) is 0 Å². The van der Waals surface area contributed by atoms with E-state index >= 15 is 0 Å². The molecule has 0 radical (unpaired) electrons. The largest absolute Gasteiger partial charge is 0.418 e. The molecule has 0 saturated heterocycles. The van der Waals surface area contributed by atoms with Gasteiger partial charge >= 0.3 is 31.6 Å². The number of aromatic nitrogens is 4. The maximum absolute atomic E-state index is 13.0. The SMILES string of the molecule is CC(C)(C)n1p(Op2n(C(C)(C)C)[p+](=O)n2C(C)(C)C)n(C(C)(C)C)[p+]1=O. The molecule has 0 spiro atoms. The van der Waals surface area contributed by atoms with Gasteiger partial charge in [0.15, 0.2) is 0 Å². The van der Waals surface area contributed by atoms with Gasteiger partial charge in [0, 0.05) is 0 Å². The zero-order valence-corrected chi connectivity index (χ0v) is 22.4. The molecule has 2 aromatic rings. The number of nitrogens with zero attached hydrogens (tertiary/aromatic N) is 4. The van der Waals surface area contributed by atoms with Gasteiger partial charge in [-0.1, -0.05) is 4.31 Å². The minimum absolute atomic E-state index is 0.261. The molecule has 2 heterocycles. The summed E-state index contributed by atoms with van der Waals surface area (Å²) >= 11 is 0. The third-order valence-electron chi connectivity index (χ3n) is 3.84. The van der Waals surface area contributed by atoms with Gasteiger partial charge in [0.05, 0.1) is 22.2 Å². The Morgan fingerprint density at radius 3 is 0.852 bits per heavy atom. The van der Waals surface area contributed by atoms with Crippen molar-refractivity contribution in [3.63, 3.8) is 0 Å². The van der Waals surface area contributed by atoms with E-state index in [1.807, 2.05) is 16.4 Å². The Labute approximate surface area is 167 Å². The van der Waals surface area contributed by atoms with E-state index in [4.69, 9.17) is 4.31 Å². The molecule has 0 unspecified atom stereocenters. The average molecular weight is 456 g/mol. The summed E-state index contributed by atoms with van der Waals surface area (Å²) in [6, 6.07) is 0. The van der Waals surface area contributed by atoms with Crippen molar-refractivity contribution in [2.45, 2.75) is 105 Å². The third-order valence-corrected chi connectivity index (χ3v) is 16.1. The fraction of sp³-hybridized carbons (Fsp3) is 1.00. The second-order valence-corrected chi connectivity index (χ2v) is 18.1. The molecule has 0 amide bonds. The number of hydrogen-bond donors (Lipinski definition) is 0. The predicted molar refractivity (Wildman–Crippen MR) is 117 cm³/mol. The van der Waals surface area contributed by atoms with Gasteiger partial charge in [-0.2, -0.15) is 9.13 Å². The zero-order valence-electron chi connectivity index (χ0n) is 18.8. The smallest absolute Gasteiger partial charge is 0.161 e. The van der Waals surface area contributed by atoms with Crippen LogP contribution in [0.15, 0.2) is 0 Å². The van der Waals surface area contributed by atoms with Gasteiger partial charge in [0.2, 0.25) is 0 Å². The fourth-order valence-corrected chi connectivity index (χ4v) is 13.3. The first-order valence-corrected chi connectivity index (χ1v) is 13.9. The maximum atomic E-state index is 13.0. The first-order valence-electron chi connectivity index (χ1n) is 9.22. The molecule has 0 aromatic carbocycles. The minimum atomic E-state index is -1.65. The minimum Gasteiger partial charge on any atom is -0.161 e. The summed E-state index contributed by atoms with van der Waals surface area (Å²) in [5, 5.41) is 0. The van der Waals surface area contributed by atoms with Crippen LogP contribution >= 0.6 is 31.6 Å². The van der Waals surface area contributed by atoms with Crippen molar-refractivity contribution in [3.05, 3.63) is 0 Å². The monoisotopic (exact) mass is 456 g/mol. The lowest BCUT2D eigenvalue weighted by atomic mass is 10.1. The second kappa shape index (κ2) is 6.75. The Hall–Kier alpha value is -0.0400.